The smallest absolute Gasteiger partial charge is 0.414 e. The molecule has 1 aromatic carbocycles. The van der Waals surface area contributed by atoms with Crippen molar-refractivity contribution in [3.8, 4) is 0 Å². The second-order valence-corrected chi connectivity index (χ2v) is 6.99. The molecule has 8 heteroatoms. The lowest BCUT2D eigenvalue weighted by molar-refractivity contribution is -0.121. The first-order valence-corrected chi connectivity index (χ1v) is 8.81. The molecule has 0 aromatic heterocycles. The molecule has 4 rings (SSSR count). The molecule has 1 aliphatic carbocycles. The third-order valence-corrected chi connectivity index (χ3v) is 5.38. The number of hydrogen-bond donors (Lipinski definition) is 1. The number of carbonyl (C=O) groups excluding carboxylic acids is 2. The fraction of sp³-hybridized carbons (Fsp3) is 0.556. The van der Waals surface area contributed by atoms with Crippen molar-refractivity contribution in [2.45, 2.75) is 25.4 Å². The lowest BCUT2D eigenvalue weighted by atomic mass is 10.0. The third kappa shape index (κ3) is 2.92. The summed E-state index contributed by atoms with van der Waals surface area (Å²) < 4.78 is 39.6. The van der Waals surface area contributed by atoms with E-state index >= 15 is 0 Å². The normalized spacial score (nSPS) is 29.5. The van der Waals surface area contributed by atoms with Gasteiger partial charge in [0, 0.05) is 17.9 Å². The number of benzene rings is 1. The van der Waals surface area contributed by atoms with Crippen LogP contribution in [0.2, 0.25) is 0 Å². The molecule has 2 amide bonds. The molecule has 1 unspecified atom stereocenters. The van der Waals surface area contributed by atoms with Crippen LogP contribution in [0.25, 0.3) is 0 Å². The molecule has 2 heterocycles. The van der Waals surface area contributed by atoms with E-state index in [4.69, 9.17) is 9.47 Å². The highest BCUT2D eigenvalue weighted by atomic mass is 19.1. The number of cyclic esters (lactones) is 1. The first-order chi connectivity index (χ1) is 12.5. The molecular formula is C18H20F2N2O4. The summed E-state index contributed by atoms with van der Waals surface area (Å²) in [6.07, 6.45) is -0.899. The Bertz CT molecular complexity index is 724. The molecule has 1 aromatic rings. The second-order valence-electron chi connectivity index (χ2n) is 6.99. The van der Waals surface area contributed by atoms with Crippen LogP contribution in [0.4, 0.5) is 19.3 Å². The number of ether oxygens (including phenoxy) is 2. The molecule has 2 aliphatic heterocycles. The molecule has 26 heavy (non-hydrogen) atoms. The Labute approximate surface area is 149 Å². The first-order valence-electron chi connectivity index (χ1n) is 8.81. The number of nitrogens with zero attached hydrogens (tertiary/aromatic N) is 1. The van der Waals surface area contributed by atoms with E-state index in [-0.39, 0.29) is 48.0 Å². The minimum Gasteiger partial charge on any atom is -0.442 e. The van der Waals surface area contributed by atoms with Gasteiger partial charge in [-0.25, -0.2) is 13.6 Å². The molecule has 1 saturated carbocycles. The molecule has 6 nitrogen and oxygen atoms in total. The Balaban J connectivity index is 1.48. The van der Waals surface area contributed by atoms with Gasteiger partial charge in [0.2, 0.25) is 5.91 Å². The van der Waals surface area contributed by atoms with E-state index in [1.54, 1.807) is 6.92 Å². The maximum Gasteiger partial charge on any atom is 0.414 e. The van der Waals surface area contributed by atoms with Gasteiger partial charge in [-0.3, -0.25) is 9.69 Å². The minimum absolute atomic E-state index is 0.0892. The second kappa shape index (κ2) is 6.50. The average Bonchev–Trinajstić information content (AvgIpc) is 2.97. The van der Waals surface area contributed by atoms with Gasteiger partial charge in [-0.1, -0.05) is 6.92 Å². The van der Waals surface area contributed by atoms with Gasteiger partial charge in [-0.15, -0.1) is 0 Å². The van der Waals surface area contributed by atoms with Crippen molar-refractivity contribution >= 4 is 17.7 Å². The number of rotatable bonds is 5. The molecule has 3 aliphatic rings. The van der Waals surface area contributed by atoms with Crippen LogP contribution in [-0.4, -0.2) is 44.4 Å². The van der Waals surface area contributed by atoms with Crippen LogP contribution in [0.1, 0.15) is 24.8 Å². The van der Waals surface area contributed by atoms with Crippen molar-refractivity contribution in [1.82, 2.24) is 5.32 Å². The van der Waals surface area contributed by atoms with Crippen LogP contribution in [0, 0.1) is 23.5 Å². The number of carbonyl (C=O) groups is 2. The molecule has 3 fully saturated rings. The Morgan fingerprint density at radius 2 is 1.92 bits per heavy atom. The summed E-state index contributed by atoms with van der Waals surface area (Å²) in [5.74, 6) is -1.20. The average molecular weight is 366 g/mol. The van der Waals surface area contributed by atoms with E-state index in [9.17, 15) is 18.4 Å². The summed E-state index contributed by atoms with van der Waals surface area (Å²) in [5, 5.41) is 2.64. The van der Waals surface area contributed by atoms with Crippen LogP contribution in [0.5, 0.6) is 0 Å². The van der Waals surface area contributed by atoms with Crippen molar-refractivity contribution in [2.75, 3.05) is 31.2 Å². The number of fused-ring (bicyclic) bond motifs is 1. The molecule has 2 saturated heterocycles. The van der Waals surface area contributed by atoms with Gasteiger partial charge in [0.15, 0.2) is 0 Å². The number of hydrogen-bond acceptors (Lipinski definition) is 4. The third-order valence-electron chi connectivity index (χ3n) is 5.38. The fourth-order valence-corrected chi connectivity index (χ4v) is 3.90. The van der Waals surface area contributed by atoms with Gasteiger partial charge >= 0.3 is 6.09 Å². The number of anilines is 1. The van der Waals surface area contributed by atoms with Gasteiger partial charge in [0.1, 0.15) is 17.7 Å². The van der Waals surface area contributed by atoms with Crippen LogP contribution < -0.4 is 10.2 Å². The summed E-state index contributed by atoms with van der Waals surface area (Å²) >= 11 is 0. The van der Waals surface area contributed by atoms with Crippen molar-refractivity contribution in [3.63, 3.8) is 0 Å². The summed E-state index contributed by atoms with van der Waals surface area (Å²) in [7, 11) is 0. The van der Waals surface area contributed by atoms with Crippen LogP contribution in [0.3, 0.4) is 0 Å². The van der Waals surface area contributed by atoms with Gasteiger partial charge in [0.05, 0.1) is 32.0 Å². The standard InChI is InChI=1S/C18H20F2N2O4/c1-2-15(23)21-5-10-6-22(18(24)26-10)9-3-13(19)17(14(20)4-9)16-11-7-25-8-12(11)16/h3-4,10-12,16H,2,5-8H2,1H3,(H,21,23)/t10-,11-,12+,16?/m0/s1. The zero-order valence-corrected chi connectivity index (χ0v) is 14.3. The molecule has 140 valence electrons. The van der Waals surface area contributed by atoms with Crippen molar-refractivity contribution in [2.24, 2.45) is 11.8 Å². The lowest BCUT2D eigenvalue weighted by Crippen LogP contribution is -2.34. The Morgan fingerprint density at radius 3 is 2.54 bits per heavy atom. The summed E-state index contributed by atoms with van der Waals surface area (Å²) in [6.45, 7) is 3.10. The zero-order valence-electron chi connectivity index (χ0n) is 14.3. The molecular weight excluding hydrogens is 346 g/mol. The van der Waals surface area contributed by atoms with Gasteiger partial charge in [-0.2, -0.15) is 0 Å². The SMILES string of the molecule is CCC(=O)NC[C@H]1CN(c2cc(F)c(C3[C@H]4COC[C@@H]34)c(F)c2)C(=O)O1. The lowest BCUT2D eigenvalue weighted by Gasteiger charge is -2.16. The summed E-state index contributed by atoms with van der Waals surface area (Å²) in [6, 6.07) is 2.36. The predicted molar refractivity (Wildman–Crippen MR) is 87.8 cm³/mol. The van der Waals surface area contributed by atoms with E-state index in [1.807, 2.05) is 0 Å². The number of amides is 2. The predicted octanol–water partition coefficient (Wildman–Crippen LogP) is 2.18. The van der Waals surface area contributed by atoms with E-state index in [0.29, 0.717) is 19.6 Å². The van der Waals surface area contributed by atoms with E-state index in [1.165, 1.54) is 17.0 Å². The molecule has 0 spiro atoms. The first kappa shape index (κ1) is 17.2. The molecule has 4 atom stereocenters. The number of nitrogens with one attached hydrogen (secondary N) is 1. The Hall–Kier alpha value is -2.22. The topological polar surface area (TPSA) is 67.9 Å². The number of halogens is 2. The molecule has 1 N–H and O–H groups in total. The minimum atomic E-state index is -0.677. The fourth-order valence-electron chi connectivity index (χ4n) is 3.90. The van der Waals surface area contributed by atoms with E-state index < -0.39 is 23.8 Å². The van der Waals surface area contributed by atoms with Gasteiger partial charge in [-0.05, 0) is 24.0 Å². The van der Waals surface area contributed by atoms with E-state index in [2.05, 4.69) is 5.32 Å². The summed E-state index contributed by atoms with van der Waals surface area (Å²) in [5.41, 5.74) is 0.214. The monoisotopic (exact) mass is 366 g/mol. The van der Waals surface area contributed by atoms with Crippen LogP contribution in [-0.2, 0) is 14.3 Å². The quantitative estimate of drug-likeness (QED) is 0.867. The van der Waals surface area contributed by atoms with Crippen molar-refractivity contribution < 1.29 is 27.8 Å². The van der Waals surface area contributed by atoms with E-state index in [0.717, 1.165) is 0 Å². The highest BCUT2D eigenvalue weighted by molar-refractivity contribution is 5.90. The van der Waals surface area contributed by atoms with Crippen LogP contribution in [0.15, 0.2) is 12.1 Å². The zero-order chi connectivity index (χ0) is 18.4. The Morgan fingerprint density at radius 1 is 1.27 bits per heavy atom. The highest BCUT2D eigenvalue weighted by Gasteiger charge is 2.56. The maximum absolute atomic E-state index is 14.6. The Kier molecular flexibility index (Phi) is 4.30. The molecule has 0 bridgehead atoms. The van der Waals surface area contributed by atoms with Gasteiger partial charge < -0.3 is 14.8 Å². The molecule has 0 radical (unpaired) electrons. The summed E-state index contributed by atoms with van der Waals surface area (Å²) in [4.78, 5) is 24.5. The van der Waals surface area contributed by atoms with Gasteiger partial charge in [0.25, 0.3) is 0 Å². The van der Waals surface area contributed by atoms with Crippen molar-refractivity contribution in [1.29, 1.82) is 0 Å². The maximum atomic E-state index is 14.6. The van der Waals surface area contributed by atoms with Crippen molar-refractivity contribution in [3.05, 3.63) is 29.3 Å². The largest absolute Gasteiger partial charge is 0.442 e. The van der Waals surface area contributed by atoms with Crippen LogP contribution >= 0.6 is 0 Å². The highest BCUT2D eigenvalue weighted by Crippen LogP contribution is 2.58.